The molecule has 0 aromatic heterocycles. The van der Waals surface area contributed by atoms with Gasteiger partial charge in [0.15, 0.2) is 0 Å². The van der Waals surface area contributed by atoms with Crippen molar-refractivity contribution in [3.8, 4) is 0 Å². The number of carbonyl (C=O) groups excluding carboxylic acids is 3. The maximum absolute atomic E-state index is 12.9. The Morgan fingerprint density at radius 1 is 0.848 bits per heavy atom. The molecule has 0 aliphatic rings. The Bertz CT molecular complexity index is 688. The summed E-state index contributed by atoms with van der Waals surface area (Å²) in [5.41, 5.74) is 5.87. The Morgan fingerprint density at radius 2 is 1.36 bits per heavy atom. The molecule has 0 rings (SSSR count). The number of hydrogen-bond donors (Lipinski definition) is 6. The van der Waals surface area contributed by atoms with E-state index in [1.165, 1.54) is 11.8 Å². The topological polar surface area (TPSA) is 188 Å². The van der Waals surface area contributed by atoms with Gasteiger partial charge in [-0.05, 0) is 43.1 Å². The van der Waals surface area contributed by atoms with Crippen molar-refractivity contribution in [2.45, 2.75) is 77.5 Å². The van der Waals surface area contributed by atoms with Crippen LogP contribution in [-0.2, 0) is 24.0 Å². The van der Waals surface area contributed by atoms with Gasteiger partial charge in [-0.2, -0.15) is 11.8 Å². The number of rotatable bonds is 16. The monoisotopic (exact) mass is 490 g/mol. The van der Waals surface area contributed by atoms with E-state index in [0.29, 0.717) is 12.2 Å². The largest absolute Gasteiger partial charge is 0.481 e. The SMILES string of the molecule is CSCCC(NC(=O)C(CCC(=O)O)NC(=O)C(N)CC(C)C)C(=O)NC(C(=O)O)C(C)C. The Labute approximate surface area is 199 Å². The minimum atomic E-state index is -1.21. The highest BCUT2D eigenvalue weighted by molar-refractivity contribution is 7.98. The molecular weight excluding hydrogens is 452 g/mol. The van der Waals surface area contributed by atoms with Crippen molar-refractivity contribution in [3.05, 3.63) is 0 Å². The number of nitrogens with two attached hydrogens (primary N) is 1. The standard InChI is InChI=1S/C21H38N4O7S/c1-11(2)10-13(22)18(28)23-14(6-7-16(26)27)19(29)24-15(8-9-33-5)20(30)25-17(12(3)4)21(31)32/h11-15,17H,6-10,22H2,1-5H3,(H,23,28)(H,24,29)(H,25,30)(H,26,27)(H,31,32). The van der Waals surface area contributed by atoms with Crippen LogP contribution < -0.4 is 21.7 Å². The van der Waals surface area contributed by atoms with Crippen LogP contribution in [0.2, 0.25) is 0 Å². The summed E-state index contributed by atoms with van der Waals surface area (Å²) in [7, 11) is 0. The summed E-state index contributed by atoms with van der Waals surface area (Å²) in [4.78, 5) is 60.5. The zero-order valence-corrected chi connectivity index (χ0v) is 20.7. The number of amides is 3. The minimum Gasteiger partial charge on any atom is -0.481 e. The molecule has 4 atom stereocenters. The van der Waals surface area contributed by atoms with Crippen LogP contribution in [0.4, 0.5) is 0 Å². The molecule has 12 heteroatoms. The van der Waals surface area contributed by atoms with Crippen LogP contribution in [0.3, 0.4) is 0 Å². The summed E-state index contributed by atoms with van der Waals surface area (Å²) >= 11 is 1.44. The fourth-order valence-corrected chi connectivity index (χ4v) is 3.45. The highest BCUT2D eigenvalue weighted by atomic mass is 32.2. The fourth-order valence-electron chi connectivity index (χ4n) is 2.97. The van der Waals surface area contributed by atoms with Crippen LogP contribution in [0.25, 0.3) is 0 Å². The number of nitrogens with one attached hydrogen (secondary N) is 3. The lowest BCUT2D eigenvalue weighted by molar-refractivity contribution is -0.143. The van der Waals surface area contributed by atoms with Crippen molar-refractivity contribution in [2.75, 3.05) is 12.0 Å². The van der Waals surface area contributed by atoms with Crippen molar-refractivity contribution in [1.29, 1.82) is 0 Å². The molecule has 3 amide bonds. The van der Waals surface area contributed by atoms with E-state index in [-0.39, 0.29) is 31.1 Å². The van der Waals surface area contributed by atoms with Crippen LogP contribution in [0, 0.1) is 11.8 Å². The second kappa shape index (κ2) is 15.5. The molecule has 33 heavy (non-hydrogen) atoms. The first kappa shape index (κ1) is 30.7. The van der Waals surface area contributed by atoms with Gasteiger partial charge in [-0.1, -0.05) is 27.7 Å². The Kier molecular flexibility index (Phi) is 14.4. The zero-order valence-electron chi connectivity index (χ0n) is 19.9. The Morgan fingerprint density at radius 3 is 1.82 bits per heavy atom. The number of carboxylic acid groups (broad SMARTS) is 2. The van der Waals surface area contributed by atoms with Gasteiger partial charge in [0.2, 0.25) is 17.7 Å². The Balaban J connectivity index is 5.51. The van der Waals surface area contributed by atoms with E-state index in [2.05, 4.69) is 16.0 Å². The summed E-state index contributed by atoms with van der Waals surface area (Å²) in [5.74, 6) is -4.08. The van der Waals surface area contributed by atoms with Crippen LogP contribution in [0.5, 0.6) is 0 Å². The summed E-state index contributed by atoms with van der Waals surface area (Å²) in [5, 5.41) is 25.8. The molecule has 0 saturated carbocycles. The average molecular weight is 491 g/mol. The van der Waals surface area contributed by atoms with Gasteiger partial charge in [0.1, 0.15) is 18.1 Å². The first-order valence-electron chi connectivity index (χ1n) is 10.9. The van der Waals surface area contributed by atoms with E-state index in [1.54, 1.807) is 13.8 Å². The third kappa shape index (κ3) is 12.5. The molecule has 0 aromatic carbocycles. The van der Waals surface area contributed by atoms with E-state index >= 15 is 0 Å². The van der Waals surface area contributed by atoms with Gasteiger partial charge in [0, 0.05) is 6.42 Å². The van der Waals surface area contributed by atoms with E-state index in [0.717, 1.165) is 0 Å². The first-order valence-corrected chi connectivity index (χ1v) is 12.3. The highest BCUT2D eigenvalue weighted by Crippen LogP contribution is 2.08. The first-order chi connectivity index (χ1) is 15.3. The predicted octanol–water partition coefficient (Wildman–Crippen LogP) is 0.173. The molecule has 0 spiro atoms. The van der Waals surface area contributed by atoms with Crippen molar-refractivity contribution < 1.29 is 34.2 Å². The van der Waals surface area contributed by atoms with E-state index in [4.69, 9.17) is 10.8 Å². The number of carbonyl (C=O) groups is 5. The lowest BCUT2D eigenvalue weighted by Crippen LogP contribution is -2.57. The third-order valence-corrected chi connectivity index (χ3v) is 5.46. The molecule has 4 unspecified atom stereocenters. The fraction of sp³-hybridized carbons (Fsp3) is 0.762. The lowest BCUT2D eigenvalue weighted by Gasteiger charge is -2.26. The second-order valence-electron chi connectivity index (χ2n) is 8.64. The van der Waals surface area contributed by atoms with Gasteiger partial charge in [-0.25, -0.2) is 4.79 Å². The number of carboxylic acids is 2. The maximum Gasteiger partial charge on any atom is 0.326 e. The van der Waals surface area contributed by atoms with Crippen LogP contribution in [-0.4, -0.2) is 76.0 Å². The van der Waals surface area contributed by atoms with Gasteiger partial charge in [0.25, 0.3) is 0 Å². The molecular formula is C21H38N4O7S. The molecule has 0 fully saturated rings. The summed E-state index contributed by atoms with van der Waals surface area (Å²) in [6.45, 7) is 7.06. The van der Waals surface area contributed by atoms with Crippen LogP contribution >= 0.6 is 11.8 Å². The highest BCUT2D eigenvalue weighted by Gasteiger charge is 2.31. The molecule has 0 heterocycles. The summed E-state index contributed by atoms with van der Waals surface area (Å²) in [6.07, 6.45) is 1.84. The molecule has 0 saturated heterocycles. The van der Waals surface area contributed by atoms with E-state index in [1.807, 2.05) is 20.1 Å². The van der Waals surface area contributed by atoms with Gasteiger partial charge >= 0.3 is 11.9 Å². The molecule has 7 N–H and O–H groups in total. The molecule has 0 aromatic rings. The third-order valence-electron chi connectivity index (χ3n) is 4.82. The number of hydrogen-bond acceptors (Lipinski definition) is 7. The van der Waals surface area contributed by atoms with Gasteiger partial charge in [-0.3, -0.25) is 19.2 Å². The molecule has 190 valence electrons. The van der Waals surface area contributed by atoms with Crippen molar-refractivity contribution in [3.63, 3.8) is 0 Å². The summed E-state index contributed by atoms with van der Waals surface area (Å²) < 4.78 is 0. The van der Waals surface area contributed by atoms with Crippen LogP contribution in [0.15, 0.2) is 0 Å². The number of thioether (sulfide) groups is 1. The second-order valence-corrected chi connectivity index (χ2v) is 9.63. The lowest BCUT2D eigenvalue weighted by atomic mass is 10.0. The van der Waals surface area contributed by atoms with Crippen LogP contribution in [0.1, 0.15) is 53.4 Å². The smallest absolute Gasteiger partial charge is 0.326 e. The van der Waals surface area contributed by atoms with Gasteiger partial charge < -0.3 is 31.9 Å². The quantitative estimate of drug-likeness (QED) is 0.175. The van der Waals surface area contributed by atoms with Gasteiger partial charge in [-0.15, -0.1) is 0 Å². The normalized spacial score (nSPS) is 14.8. The molecule has 0 radical (unpaired) electrons. The van der Waals surface area contributed by atoms with Crippen molar-refractivity contribution in [2.24, 2.45) is 17.6 Å². The maximum atomic E-state index is 12.9. The minimum absolute atomic E-state index is 0.139. The number of aliphatic carboxylic acids is 2. The molecule has 0 bridgehead atoms. The molecule has 0 aliphatic heterocycles. The molecule has 0 aliphatic carbocycles. The average Bonchev–Trinajstić information content (AvgIpc) is 2.70. The zero-order chi connectivity index (χ0) is 25.7. The molecule has 11 nitrogen and oxygen atoms in total. The van der Waals surface area contributed by atoms with Crippen molar-refractivity contribution >= 4 is 41.4 Å². The van der Waals surface area contributed by atoms with E-state index in [9.17, 15) is 29.1 Å². The van der Waals surface area contributed by atoms with Crippen molar-refractivity contribution in [1.82, 2.24) is 16.0 Å². The summed E-state index contributed by atoms with van der Waals surface area (Å²) in [6, 6.07) is -4.28. The van der Waals surface area contributed by atoms with E-state index < -0.39 is 53.8 Å². The predicted molar refractivity (Wildman–Crippen MR) is 126 cm³/mol. The Hall–Kier alpha value is -2.34. The van der Waals surface area contributed by atoms with Gasteiger partial charge in [0.05, 0.1) is 6.04 Å².